The smallest absolute Gasteiger partial charge is 0.244 e. The Bertz CT molecular complexity index is 626. The van der Waals surface area contributed by atoms with E-state index in [0.29, 0.717) is 13.1 Å². The summed E-state index contributed by atoms with van der Waals surface area (Å²) in [6, 6.07) is 8.29. The fourth-order valence-corrected chi connectivity index (χ4v) is 3.96. The van der Waals surface area contributed by atoms with Crippen molar-refractivity contribution in [2.45, 2.75) is 4.90 Å². The Labute approximate surface area is 119 Å². The van der Waals surface area contributed by atoms with Crippen molar-refractivity contribution < 1.29 is 13.3 Å². The monoisotopic (exact) mass is 292 g/mol. The highest BCUT2D eigenvalue weighted by atomic mass is 32.2. The second-order valence-corrected chi connectivity index (χ2v) is 6.66. The van der Waals surface area contributed by atoms with Crippen molar-refractivity contribution in [3.63, 3.8) is 0 Å². The lowest BCUT2D eigenvalue weighted by Gasteiger charge is -2.31. The van der Waals surface area contributed by atoms with Crippen LogP contribution in [0.3, 0.4) is 0 Å². The number of hydrogen-bond donors (Lipinski definition) is 1. The maximum atomic E-state index is 12.6. The van der Waals surface area contributed by atoms with Gasteiger partial charge in [-0.15, -0.1) is 0 Å². The van der Waals surface area contributed by atoms with Gasteiger partial charge in [-0.1, -0.05) is 18.7 Å². The molecule has 20 heavy (non-hydrogen) atoms. The van der Waals surface area contributed by atoms with E-state index in [4.69, 9.17) is 5.26 Å². The molecule has 1 saturated heterocycles. The third-order valence-electron chi connectivity index (χ3n) is 3.49. The molecule has 0 radical (unpaired) electrons. The zero-order valence-electron chi connectivity index (χ0n) is 11.2. The fraction of sp³-hybridized carbons (Fsp3) is 0.357. The van der Waals surface area contributed by atoms with Crippen LogP contribution in [0.1, 0.15) is 5.56 Å². The minimum Gasteiger partial charge on any atom is -0.330 e. The van der Waals surface area contributed by atoms with Crippen molar-refractivity contribution in [1.82, 2.24) is 4.31 Å². The molecule has 0 spiro atoms. The van der Waals surface area contributed by atoms with Crippen LogP contribution in [0.25, 0.3) is 0 Å². The molecule has 1 aromatic carbocycles. The van der Waals surface area contributed by atoms with Crippen LogP contribution in [-0.4, -0.2) is 45.4 Å². The number of nitrogens with zero attached hydrogens (tertiary/aromatic N) is 2. The molecule has 0 atom stereocenters. The summed E-state index contributed by atoms with van der Waals surface area (Å²) in [5.74, 6) is 0. The second kappa shape index (κ2) is 6.18. The molecular weight excluding hydrogens is 274 g/mol. The first-order valence-electron chi connectivity index (χ1n) is 6.53. The Hall–Kier alpha value is -1.68. The van der Waals surface area contributed by atoms with Gasteiger partial charge in [0.25, 0.3) is 0 Å². The first kappa shape index (κ1) is 14.7. The average molecular weight is 292 g/mol. The van der Waals surface area contributed by atoms with Crippen LogP contribution in [0.4, 0.5) is 0 Å². The normalized spacial score (nSPS) is 17.6. The van der Waals surface area contributed by atoms with Crippen molar-refractivity contribution in [3.05, 3.63) is 42.5 Å². The van der Waals surface area contributed by atoms with Crippen molar-refractivity contribution in [2.24, 2.45) is 0 Å². The van der Waals surface area contributed by atoms with Crippen molar-refractivity contribution in [3.8, 4) is 6.07 Å². The molecule has 1 heterocycles. The summed E-state index contributed by atoms with van der Waals surface area (Å²) >= 11 is 0. The van der Waals surface area contributed by atoms with E-state index in [1.807, 2.05) is 12.1 Å². The predicted molar refractivity (Wildman–Crippen MR) is 75.7 cm³/mol. The number of quaternary nitrogens is 1. The van der Waals surface area contributed by atoms with Gasteiger partial charge in [0.2, 0.25) is 10.0 Å². The summed E-state index contributed by atoms with van der Waals surface area (Å²) < 4.78 is 26.6. The fourth-order valence-electron chi connectivity index (χ4n) is 2.37. The van der Waals surface area contributed by atoms with E-state index in [1.165, 1.54) is 21.3 Å². The van der Waals surface area contributed by atoms with Crippen LogP contribution in [0, 0.1) is 11.3 Å². The standard InChI is InChI=1S/C14H17N3O2S/c1-2-7-16-8-10-17(11-9-16)20(18,19)14-6-4-3-5-13(14)12-15/h2-6H,1,7-11H2/p+1. The highest BCUT2D eigenvalue weighted by Gasteiger charge is 2.31. The lowest BCUT2D eigenvalue weighted by Crippen LogP contribution is -3.14. The van der Waals surface area contributed by atoms with Crippen molar-refractivity contribution in [1.29, 1.82) is 5.26 Å². The Morgan fingerprint density at radius 1 is 1.35 bits per heavy atom. The van der Waals surface area contributed by atoms with Crippen LogP contribution in [-0.2, 0) is 10.0 Å². The largest absolute Gasteiger partial charge is 0.330 e. The molecule has 106 valence electrons. The molecule has 0 aliphatic carbocycles. The molecule has 0 aromatic heterocycles. The van der Waals surface area contributed by atoms with Crippen molar-refractivity contribution >= 4 is 10.0 Å². The van der Waals surface area contributed by atoms with Gasteiger partial charge in [-0.25, -0.2) is 8.42 Å². The summed E-state index contributed by atoms with van der Waals surface area (Å²) in [4.78, 5) is 1.44. The molecule has 1 aromatic rings. The molecule has 0 saturated carbocycles. The SMILES string of the molecule is C=CC[NH+]1CCN(S(=O)(=O)c2ccccc2C#N)CC1. The summed E-state index contributed by atoms with van der Waals surface area (Å²) in [5, 5.41) is 9.04. The van der Waals surface area contributed by atoms with Gasteiger partial charge in [0.1, 0.15) is 6.07 Å². The average Bonchev–Trinajstić information content (AvgIpc) is 2.48. The number of hydrogen-bond acceptors (Lipinski definition) is 3. The molecule has 1 N–H and O–H groups in total. The summed E-state index contributed by atoms with van der Waals surface area (Å²) in [6.45, 7) is 7.04. The highest BCUT2D eigenvalue weighted by molar-refractivity contribution is 7.89. The van der Waals surface area contributed by atoms with Gasteiger partial charge in [0, 0.05) is 0 Å². The molecule has 1 fully saturated rings. The molecule has 6 heteroatoms. The summed E-state index contributed by atoms with van der Waals surface area (Å²) in [5.41, 5.74) is 0.202. The molecule has 2 rings (SSSR count). The molecule has 0 unspecified atom stereocenters. The van der Waals surface area contributed by atoms with E-state index in [1.54, 1.807) is 12.1 Å². The van der Waals surface area contributed by atoms with E-state index in [-0.39, 0.29) is 10.5 Å². The maximum absolute atomic E-state index is 12.6. The molecule has 1 aliphatic heterocycles. The third kappa shape index (κ3) is 2.90. The number of nitrogens with one attached hydrogen (secondary N) is 1. The zero-order chi connectivity index (χ0) is 14.6. The molecular formula is C14H18N3O2S+. The number of sulfonamides is 1. The number of nitriles is 1. The minimum absolute atomic E-state index is 0.106. The van der Waals surface area contributed by atoms with Crippen LogP contribution in [0.5, 0.6) is 0 Å². The Balaban J connectivity index is 2.20. The lowest BCUT2D eigenvalue weighted by molar-refractivity contribution is -0.897. The Kier molecular flexibility index (Phi) is 4.55. The van der Waals surface area contributed by atoms with Crippen LogP contribution >= 0.6 is 0 Å². The zero-order valence-corrected chi connectivity index (χ0v) is 12.1. The minimum atomic E-state index is -3.57. The van der Waals surface area contributed by atoms with Crippen LogP contribution < -0.4 is 4.90 Å². The molecule has 1 aliphatic rings. The van der Waals surface area contributed by atoms with E-state index < -0.39 is 10.0 Å². The van der Waals surface area contributed by atoms with Gasteiger partial charge in [-0.2, -0.15) is 9.57 Å². The van der Waals surface area contributed by atoms with Gasteiger partial charge in [-0.05, 0) is 18.2 Å². The van der Waals surface area contributed by atoms with E-state index in [0.717, 1.165) is 19.6 Å². The number of benzene rings is 1. The summed E-state index contributed by atoms with van der Waals surface area (Å²) in [6.07, 6.45) is 1.85. The van der Waals surface area contributed by atoms with Gasteiger partial charge in [0.15, 0.2) is 0 Å². The Morgan fingerprint density at radius 2 is 2.00 bits per heavy atom. The van der Waals surface area contributed by atoms with Gasteiger partial charge in [-0.3, -0.25) is 0 Å². The summed E-state index contributed by atoms with van der Waals surface area (Å²) in [7, 11) is -3.57. The quantitative estimate of drug-likeness (QED) is 0.770. The first-order valence-corrected chi connectivity index (χ1v) is 7.97. The molecule has 0 bridgehead atoms. The van der Waals surface area contributed by atoms with Crippen LogP contribution in [0.2, 0.25) is 0 Å². The predicted octanol–water partition coefficient (Wildman–Crippen LogP) is -0.367. The van der Waals surface area contributed by atoms with Gasteiger partial charge in [0.05, 0.1) is 43.2 Å². The van der Waals surface area contributed by atoms with Crippen LogP contribution in [0.15, 0.2) is 41.8 Å². The van der Waals surface area contributed by atoms with E-state index in [2.05, 4.69) is 6.58 Å². The third-order valence-corrected chi connectivity index (χ3v) is 5.44. The number of piperazine rings is 1. The molecule has 5 nitrogen and oxygen atoms in total. The first-order chi connectivity index (χ1) is 9.59. The second-order valence-electron chi connectivity index (χ2n) is 4.75. The highest BCUT2D eigenvalue weighted by Crippen LogP contribution is 2.19. The van der Waals surface area contributed by atoms with E-state index in [9.17, 15) is 8.42 Å². The number of rotatable bonds is 4. The lowest BCUT2D eigenvalue weighted by atomic mass is 10.2. The van der Waals surface area contributed by atoms with Crippen molar-refractivity contribution in [2.75, 3.05) is 32.7 Å². The van der Waals surface area contributed by atoms with Gasteiger partial charge >= 0.3 is 0 Å². The maximum Gasteiger partial charge on any atom is 0.244 e. The topological polar surface area (TPSA) is 65.6 Å². The Morgan fingerprint density at radius 3 is 2.60 bits per heavy atom. The molecule has 0 amide bonds. The van der Waals surface area contributed by atoms with Gasteiger partial charge < -0.3 is 4.90 Å². The van der Waals surface area contributed by atoms with E-state index >= 15 is 0 Å².